The molecule has 0 aromatic heterocycles. The number of hydrogen-bond acceptors (Lipinski definition) is 7. The van der Waals surface area contributed by atoms with Crippen molar-refractivity contribution in [2.24, 2.45) is 11.7 Å². The van der Waals surface area contributed by atoms with Crippen molar-refractivity contribution in [1.29, 1.82) is 5.41 Å². The number of carbonyl (C=O) groups excluding carboxylic acids is 3. The van der Waals surface area contributed by atoms with E-state index in [2.05, 4.69) is 16.0 Å². The van der Waals surface area contributed by atoms with Crippen molar-refractivity contribution < 1.29 is 57.3 Å². The van der Waals surface area contributed by atoms with E-state index in [0.29, 0.717) is 31.5 Å². The maximum Gasteiger partial charge on any atom is 0.490 e. The highest BCUT2D eigenvalue weighted by Gasteiger charge is 2.38. The summed E-state index contributed by atoms with van der Waals surface area (Å²) in [6, 6.07) is 5.78. The summed E-state index contributed by atoms with van der Waals surface area (Å²) in [6.07, 6.45) is -5.00. The lowest BCUT2D eigenvalue weighted by Crippen LogP contribution is -2.53. The molecule has 0 saturated carbocycles. The third-order valence-corrected chi connectivity index (χ3v) is 6.03. The highest BCUT2D eigenvalue weighted by atomic mass is 19.4. The molecule has 0 unspecified atom stereocenters. The fraction of sp³-hybridized carbons (Fsp3) is 0.480. The Hall–Kier alpha value is -4.90. The quantitative estimate of drug-likeness (QED) is 0.109. The summed E-state index contributed by atoms with van der Waals surface area (Å²) in [5, 5.41) is 40.4. The number of rotatable bonds is 12. The summed E-state index contributed by atoms with van der Waals surface area (Å²) >= 11 is 0. The number of carbonyl (C=O) groups is 6. The van der Waals surface area contributed by atoms with Gasteiger partial charge in [-0.1, -0.05) is 30.3 Å². The van der Waals surface area contributed by atoms with Crippen LogP contribution < -0.4 is 21.7 Å². The zero-order chi connectivity index (χ0) is 32.7. The highest BCUT2D eigenvalue weighted by molar-refractivity contribution is 5.93. The van der Waals surface area contributed by atoms with Crippen LogP contribution in [0.2, 0.25) is 0 Å². The van der Waals surface area contributed by atoms with Crippen molar-refractivity contribution in [3.8, 4) is 0 Å². The maximum absolute atomic E-state index is 12.6. The smallest absolute Gasteiger partial charge is 0.481 e. The van der Waals surface area contributed by atoms with E-state index in [4.69, 9.17) is 26.2 Å². The lowest BCUT2D eigenvalue weighted by molar-refractivity contribution is -0.192. The minimum Gasteiger partial charge on any atom is -0.481 e. The van der Waals surface area contributed by atoms with Gasteiger partial charge in [-0.3, -0.25) is 24.6 Å². The van der Waals surface area contributed by atoms with E-state index >= 15 is 0 Å². The molecule has 1 saturated heterocycles. The first-order valence-electron chi connectivity index (χ1n) is 12.8. The molecule has 1 aliphatic rings. The number of benzene rings is 1. The van der Waals surface area contributed by atoms with Crippen LogP contribution in [0.4, 0.5) is 13.2 Å². The minimum absolute atomic E-state index is 0.0208. The molecule has 1 aromatic carbocycles. The van der Waals surface area contributed by atoms with Crippen LogP contribution in [0.5, 0.6) is 0 Å². The Balaban J connectivity index is 0.00000117. The summed E-state index contributed by atoms with van der Waals surface area (Å²) in [5.74, 6) is -7.57. The first-order valence-corrected chi connectivity index (χ1v) is 12.8. The number of guanidine groups is 1. The van der Waals surface area contributed by atoms with Gasteiger partial charge in [-0.05, 0) is 18.4 Å². The second-order valence-corrected chi connectivity index (χ2v) is 9.30. The Kier molecular flexibility index (Phi) is 14.4. The molecule has 0 aliphatic carbocycles. The average Bonchev–Trinajstić information content (AvgIpc) is 2.92. The van der Waals surface area contributed by atoms with E-state index in [1.807, 2.05) is 0 Å². The van der Waals surface area contributed by atoms with Gasteiger partial charge in [0.1, 0.15) is 12.1 Å². The number of nitrogens with one attached hydrogen (secondary N) is 4. The van der Waals surface area contributed by atoms with Crippen LogP contribution in [-0.4, -0.2) is 99.7 Å². The first kappa shape index (κ1) is 36.1. The van der Waals surface area contributed by atoms with Gasteiger partial charge in [0.25, 0.3) is 0 Å². The number of amides is 3. The molecule has 43 heavy (non-hydrogen) atoms. The van der Waals surface area contributed by atoms with Gasteiger partial charge in [-0.2, -0.15) is 13.2 Å². The molecular formula is C25H33F3N6O9. The number of aliphatic carboxylic acids is 3. The molecule has 1 aliphatic heterocycles. The number of alkyl halides is 3. The Bertz CT molecular complexity index is 1160. The van der Waals surface area contributed by atoms with Crippen molar-refractivity contribution in [2.45, 2.75) is 50.4 Å². The van der Waals surface area contributed by atoms with Crippen LogP contribution >= 0.6 is 0 Å². The molecule has 9 N–H and O–H groups in total. The maximum atomic E-state index is 12.6. The van der Waals surface area contributed by atoms with Gasteiger partial charge in [-0.15, -0.1) is 0 Å². The number of carboxylic acids is 3. The lowest BCUT2D eigenvalue weighted by Gasteiger charge is -2.31. The Labute approximate surface area is 243 Å². The summed E-state index contributed by atoms with van der Waals surface area (Å²) < 4.78 is 31.7. The van der Waals surface area contributed by atoms with Crippen molar-refractivity contribution in [1.82, 2.24) is 20.9 Å². The van der Waals surface area contributed by atoms with Crippen LogP contribution in [0.15, 0.2) is 30.3 Å². The van der Waals surface area contributed by atoms with Gasteiger partial charge in [0.15, 0.2) is 5.96 Å². The van der Waals surface area contributed by atoms with Crippen LogP contribution in [0, 0.1) is 11.3 Å². The van der Waals surface area contributed by atoms with E-state index in [9.17, 15) is 42.3 Å². The molecule has 0 radical (unpaired) electrons. The molecular weight excluding hydrogens is 585 g/mol. The molecule has 1 aromatic rings. The van der Waals surface area contributed by atoms with Crippen LogP contribution in [-0.2, 0) is 35.2 Å². The zero-order valence-electron chi connectivity index (χ0n) is 22.7. The topological polar surface area (TPSA) is 252 Å². The van der Waals surface area contributed by atoms with Gasteiger partial charge >= 0.3 is 24.1 Å². The molecule has 3 amide bonds. The number of carboxylic acid groups (broad SMARTS) is 3. The number of nitrogens with zero attached hydrogens (tertiary/aromatic N) is 1. The highest BCUT2D eigenvalue weighted by Crippen LogP contribution is 2.17. The summed E-state index contributed by atoms with van der Waals surface area (Å²) in [4.78, 5) is 70.7. The summed E-state index contributed by atoms with van der Waals surface area (Å²) in [6.45, 7) is 0.952. The minimum atomic E-state index is -5.08. The Morgan fingerprint density at radius 3 is 2.00 bits per heavy atom. The molecule has 2 rings (SSSR count). The van der Waals surface area contributed by atoms with Crippen molar-refractivity contribution in [2.75, 3.05) is 19.6 Å². The van der Waals surface area contributed by atoms with Crippen LogP contribution in [0.3, 0.4) is 0 Å². The molecule has 15 nitrogen and oxygen atoms in total. The van der Waals surface area contributed by atoms with E-state index < -0.39 is 54.4 Å². The second-order valence-electron chi connectivity index (χ2n) is 9.30. The largest absolute Gasteiger partial charge is 0.490 e. The van der Waals surface area contributed by atoms with Gasteiger partial charge in [0.05, 0.1) is 6.42 Å². The molecule has 2 atom stereocenters. The normalized spacial score (nSPS) is 14.6. The van der Waals surface area contributed by atoms with Crippen LogP contribution in [0.25, 0.3) is 0 Å². The van der Waals surface area contributed by atoms with Gasteiger partial charge < -0.3 is 41.9 Å². The molecule has 1 fully saturated rings. The molecule has 18 heteroatoms. The molecule has 1 heterocycles. The monoisotopic (exact) mass is 618 g/mol. The third kappa shape index (κ3) is 14.0. The number of halogens is 3. The van der Waals surface area contributed by atoms with E-state index in [1.54, 1.807) is 35.2 Å². The van der Waals surface area contributed by atoms with E-state index in [-0.39, 0.29) is 37.2 Å². The van der Waals surface area contributed by atoms with Crippen molar-refractivity contribution in [3.63, 3.8) is 0 Å². The summed E-state index contributed by atoms with van der Waals surface area (Å²) in [7, 11) is 0. The average molecular weight is 619 g/mol. The van der Waals surface area contributed by atoms with Gasteiger partial charge in [0.2, 0.25) is 17.7 Å². The lowest BCUT2D eigenvalue weighted by atomic mass is 9.96. The molecule has 0 bridgehead atoms. The van der Waals surface area contributed by atoms with E-state index in [1.165, 1.54) is 0 Å². The van der Waals surface area contributed by atoms with Crippen molar-refractivity contribution in [3.05, 3.63) is 35.9 Å². The first-order chi connectivity index (χ1) is 20.0. The Morgan fingerprint density at radius 2 is 1.53 bits per heavy atom. The predicted octanol–water partition coefficient (Wildman–Crippen LogP) is -0.497. The van der Waals surface area contributed by atoms with Crippen LogP contribution in [0.1, 0.15) is 31.2 Å². The van der Waals surface area contributed by atoms with E-state index in [0.717, 1.165) is 0 Å². The standard InChI is InChI=1S/C23H32N6O7.C2HF3O2/c24-23(25)29-10-7-15(8-11-29)20(33)26-9-6-18(30)27-16(13-19(31)32)21(34)28-17(22(35)36)12-14-4-2-1-3-5-14;3-2(4,5)1(6)7/h1-5,15-17H,6-13H2,(H3,24,25)(H,26,33)(H,27,30)(H,28,34)(H,31,32)(H,35,36);(H,6,7)/t16-,17-;/m0./s1. The molecule has 0 spiro atoms. The Morgan fingerprint density at radius 1 is 0.977 bits per heavy atom. The molecule has 238 valence electrons. The van der Waals surface area contributed by atoms with Crippen molar-refractivity contribution >= 4 is 41.6 Å². The van der Waals surface area contributed by atoms with Gasteiger partial charge in [0, 0.05) is 38.4 Å². The van der Waals surface area contributed by atoms with Gasteiger partial charge in [-0.25, -0.2) is 9.59 Å². The SMILES string of the molecule is N=C(N)N1CCC(C(=O)NCCC(=O)N[C@@H](CC(=O)O)C(=O)N[C@@H](Cc2ccccc2)C(=O)O)CC1.O=C(O)C(F)(F)F. The third-order valence-electron chi connectivity index (χ3n) is 6.03. The number of nitrogens with two attached hydrogens (primary N) is 1. The predicted molar refractivity (Wildman–Crippen MR) is 141 cm³/mol. The number of likely N-dealkylation sites (tertiary alicyclic amines) is 1. The fourth-order valence-electron chi connectivity index (χ4n) is 3.80. The zero-order valence-corrected chi connectivity index (χ0v) is 22.7. The fourth-order valence-corrected chi connectivity index (χ4v) is 3.80. The number of piperidine rings is 1. The number of hydrogen-bond donors (Lipinski definition) is 8. The second kappa shape index (κ2) is 17.1. The summed E-state index contributed by atoms with van der Waals surface area (Å²) in [5.41, 5.74) is 6.10.